The number of hydrogen-bond donors (Lipinski definition) is 1. The summed E-state index contributed by atoms with van der Waals surface area (Å²) in [5, 5.41) is 4.38. The fourth-order valence-electron chi connectivity index (χ4n) is 1.83. The quantitative estimate of drug-likeness (QED) is 0.772. The third-order valence-corrected chi connectivity index (χ3v) is 3.67. The topological polar surface area (TPSA) is 21.3 Å². The molecule has 0 saturated carbocycles. The van der Waals surface area contributed by atoms with Gasteiger partial charge in [-0.05, 0) is 24.6 Å². The van der Waals surface area contributed by atoms with E-state index in [0.717, 1.165) is 30.0 Å². The van der Waals surface area contributed by atoms with E-state index in [1.165, 1.54) is 0 Å². The Morgan fingerprint density at radius 2 is 1.85 bits per heavy atom. The number of benzene rings is 2. The molecule has 4 heteroatoms. The van der Waals surface area contributed by atoms with Crippen molar-refractivity contribution in [3.63, 3.8) is 0 Å². The molecule has 0 fully saturated rings. The summed E-state index contributed by atoms with van der Waals surface area (Å²) in [6.45, 7) is 3.45. The zero-order chi connectivity index (χ0) is 14.4. The van der Waals surface area contributed by atoms with Crippen molar-refractivity contribution in [3.8, 4) is 5.75 Å². The van der Waals surface area contributed by atoms with Crippen molar-refractivity contribution >= 4 is 28.9 Å². The first-order valence-corrected chi connectivity index (χ1v) is 7.36. The van der Waals surface area contributed by atoms with E-state index in [-0.39, 0.29) is 0 Å². The predicted octanol–water partition coefficient (Wildman–Crippen LogP) is 5.39. The molecule has 0 spiro atoms. The smallest absolute Gasteiger partial charge is 0.124 e. The summed E-state index contributed by atoms with van der Waals surface area (Å²) in [7, 11) is 0. The first kappa shape index (κ1) is 15.0. The predicted molar refractivity (Wildman–Crippen MR) is 86.0 cm³/mol. The van der Waals surface area contributed by atoms with E-state index in [1.807, 2.05) is 36.4 Å². The first-order valence-electron chi connectivity index (χ1n) is 6.61. The Kier molecular flexibility index (Phi) is 5.57. The molecule has 0 aliphatic heterocycles. The van der Waals surface area contributed by atoms with Crippen LogP contribution in [0.5, 0.6) is 5.75 Å². The van der Waals surface area contributed by atoms with Crippen LogP contribution in [0.2, 0.25) is 10.0 Å². The van der Waals surface area contributed by atoms with Gasteiger partial charge in [0.1, 0.15) is 5.75 Å². The van der Waals surface area contributed by atoms with Gasteiger partial charge in [0.25, 0.3) is 0 Å². The molecule has 2 nitrogen and oxygen atoms in total. The molecular formula is C16H17Cl2NO. The van der Waals surface area contributed by atoms with Crippen LogP contribution in [0.3, 0.4) is 0 Å². The number of ether oxygens (including phenoxy) is 1. The standard InChI is InChI=1S/C16H17Cl2NO/c1-2-10-20-15-9-4-3-6-12(15)11-19-14-8-5-7-13(17)16(14)18/h3-9,19H,2,10-11H2,1H3. The van der Waals surface area contributed by atoms with Crippen LogP contribution in [-0.2, 0) is 6.54 Å². The van der Waals surface area contributed by atoms with E-state index in [9.17, 15) is 0 Å². The average molecular weight is 310 g/mol. The molecule has 2 rings (SSSR count). The molecule has 0 bridgehead atoms. The fraction of sp³-hybridized carbons (Fsp3) is 0.250. The van der Waals surface area contributed by atoms with Crippen molar-refractivity contribution < 1.29 is 4.74 Å². The van der Waals surface area contributed by atoms with Gasteiger partial charge in [-0.1, -0.05) is 54.4 Å². The molecule has 106 valence electrons. The summed E-state index contributed by atoms with van der Waals surface area (Å²) < 4.78 is 5.73. The molecular weight excluding hydrogens is 293 g/mol. The lowest BCUT2D eigenvalue weighted by molar-refractivity contribution is 0.314. The van der Waals surface area contributed by atoms with Gasteiger partial charge in [0.05, 0.1) is 22.3 Å². The highest BCUT2D eigenvalue weighted by Crippen LogP contribution is 2.30. The normalized spacial score (nSPS) is 10.3. The number of rotatable bonds is 6. The third kappa shape index (κ3) is 3.81. The maximum absolute atomic E-state index is 6.16. The zero-order valence-electron chi connectivity index (χ0n) is 11.3. The maximum Gasteiger partial charge on any atom is 0.124 e. The molecule has 2 aromatic carbocycles. The Labute approximate surface area is 129 Å². The van der Waals surface area contributed by atoms with Gasteiger partial charge in [0, 0.05) is 12.1 Å². The second-order valence-electron chi connectivity index (χ2n) is 4.41. The Balaban J connectivity index is 2.09. The van der Waals surface area contributed by atoms with Gasteiger partial charge in [-0.25, -0.2) is 0 Å². The zero-order valence-corrected chi connectivity index (χ0v) is 12.8. The molecule has 2 aromatic rings. The van der Waals surface area contributed by atoms with Crippen molar-refractivity contribution in [2.24, 2.45) is 0 Å². The fourth-order valence-corrected chi connectivity index (χ4v) is 2.20. The van der Waals surface area contributed by atoms with E-state index in [0.29, 0.717) is 16.6 Å². The first-order chi connectivity index (χ1) is 9.72. The van der Waals surface area contributed by atoms with E-state index in [1.54, 1.807) is 6.07 Å². The van der Waals surface area contributed by atoms with Crippen LogP contribution in [0.4, 0.5) is 5.69 Å². The van der Waals surface area contributed by atoms with Crippen LogP contribution in [-0.4, -0.2) is 6.61 Å². The number of para-hydroxylation sites is 1. The Morgan fingerprint density at radius 1 is 1.05 bits per heavy atom. The number of anilines is 1. The summed E-state index contributed by atoms with van der Waals surface area (Å²) in [5.74, 6) is 0.903. The molecule has 0 aromatic heterocycles. The summed E-state index contributed by atoms with van der Waals surface area (Å²) >= 11 is 12.2. The molecule has 1 N–H and O–H groups in total. The van der Waals surface area contributed by atoms with Crippen molar-refractivity contribution in [2.75, 3.05) is 11.9 Å². The minimum atomic E-state index is 0.543. The molecule has 0 amide bonds. The van der Waals surface area contributed by atoms with Gasteiger partial charge >= 0.3 is 0 Å². The van der Waals surface area contributed by atoms with Gasteiger partial charge < -0.3 is 10.1 Å². The SMILES string of the molecule is CCCOc1ccccc1CNc1cccc(Cl)c1Cl. The molecule has 0 radical (unpaired) electrons. The number of halogens is 2. The second kappa shape index (κ2) is 7.41. The highest BCUT2D eigenvalue weighted by Gasteiger charge is 2.06. The van der Waals surface area contributed by atoms with Crippen LogP contribution in [0.15, 0.2) is 42.5 Å². The molecule has 0 heterocycles. The molecule has 0 aliphatic carbocycles. The summed E-state index contributed by atoms with van der Waals surface area (Å²) in [5.41, 5.74) is 1.92. The maximum atomic E-state index is 6.16. The molecule has 0 saturated heterocycles. The van der Waals surface area contributed by atoms with Gasteiger partial charge in [-0.2, -0.15) is 0 Å². The number of nitrogens with one attached hydrogen (secondary N) is 1. The van der Waals surface area contributed by atoms with Crippen molar-refractivity contribution in [3.05, 3.63) is 58.1 Å². The van der Waals surface area contributed by atoms with Crippen LogP contribution >= 0.6 is 23.2 Å². The van der Waals surface area contributed by atoms with Gasteiger partial charge in [0.2, 0.25) is 0 Å². The highest BCUT2D eigenvalue weighted by atomic mass is 35.5. The van der Waals surface area contributed by atoms with Gasteiger partial charge in [-0.15, -0.1) is 0 Å². The summed E-state index contributed by atoms with van der Waals surface area (Å²) in [6, 6.07) is 13.5. The third-order valence-electron chi connectivity index (χ3n) is 2.86. The largest absolute Gasteiger partial charge is 0.493 e. The monoisotopic (exact) mass is 309 g/mol. The van der Waals surface area contributed by atoms with Crippen LogP contribution < -0.4 is 10.1 Å². The van der Waals surface area contributed by atoms with E-state index >= 15 is 0 Å². The van der Waals surface area contributed by atoms with Crippen LogP contribution in [0.25, 0.3) is 0 Å². The summed E-state index contributed by atoms with van der Waals surface area (Å²) in [6.07, 6.45) is 0.988. The second-order valence-corrected chi connectivity index (χ2v) is 5.20. The van der Waals surface area contributed by atoms with E-state index in [2.05, 4.69) is 12.2 Å². The molecule has 0 atom stereocenters. The van der Waals surface area contributed by atoms with Crippen molar-refractivity contribution in [1.29, 1.82) is 0 Å². The lowest BCUT2D eigenvalue weighted by atomic mass is 10.2. The lowest BCUT2D eigenvalue weighted by Gasteiger charge is -2.13. The summed E-state index contributed by atoms with van der Waals surface area (Å²) in [4.78, 5) is 0. The van der Waals surface area contributed by atoms with E-state index < -0.39 is 0 Å². The minimum Gasteiger partial charge on any atom is -0.493 e. The van der Waals surface area contributed by atoms with Crippen LogP contribution in [0, 0.1) is 0 Å². The van der Waals surface area contributed by atoms with E-state index in [4.69, 9.17) is 27.9 Å². The molecule has 0 unspecified atom stereocenters. The Hall–Kier alpha value is -1.38. The van der Waals surface area contributed by atoms with Gasteiger partial charge in [0.15, 0.2) is 0 Å². The highest BCUT2D eigenvalue weighted by molar-refractivity contribution is 6.43. The lowest BCUT2D eigenvalue weighted by Crippen LogP contribution is -2.04. The molecule has 20 heavy (non-hydrogen) atoms. The van der Waals surface area contributed by atoms with Crippen LogP contribution in [0.1, 0.15) is 18.9 Å². The van der Waals surface area contributed by atoms with Gasteiger partial charge in [-0.3, -0.25) is 0 Å². The minimum absolute atomic E-state index is 0.543. The average Bonchev–Trinajstić information content (AvgIpc) is 2.47. The Morgan fingerprint density at radius 3 is 2.65 bits per heavy atom. The Bertz CT molecular complexity index is 572. The van der Waals surface area contributed by atoms with Crippen molar-refractivity contribution in [1.82, 2.24) is 0 Å². The molecule has 0 aliphatic rings. The van der Waals surface area contributed by atoms with Crippen molar-refractivity contribution in [2.45, 2.75) is 19.9 Å². The number of hydrogen-bond acceptors (Lipinski definition) is 2.